The maximum Gasteiger partial charge on any atom is 0.419 e. The van der Waals surface area contributed by atoms with E-state index in [0.717, 1.165) is 36.9 Å². The van der Waals surface area contributed by atoms with Gasteiger partial charge in [0.1, 0.15) is 11.4 Å². The third kappa shape index (κ3) is 2.37. The molecule has 0 amide bonds. The lowest BCUT2D eigenvalue weighted by Crippen LogP contribution is -2.19. The average molecular weight is 280 g/mol. The zero-order valence-corrected chi connectivity index (χ0v) is 11.9. The van der Waals surface area contributed by atoms with E-state index in [1.807, 2.05) is 0 Å². The van der Waals surface area contributed by atoms with Crippen LogP contribution in [0.2, 0.25) is 0 Å². The van der Waals surface area contributed by atoms with Gasteiger partial charge in [0.05, 0.1) is 13.2 Å². The van der Waals surface area contributed by atoms with E-state index in [1.165, 1.54) is 4.57 Å². The van der Waals surface area contributed by atoms with Crippen LogP contribution >= 0.6 is 0 Å². The van der Waals surface area contributed by atoms with Gasteiger partial charge in [-0.25, -0.2) is 14.2 Å². The van der Waals surface area contributed by atoms with E-state index in [2.05, 4.69) is 0 Å². The van der Waals surface area contributed by atoms with E-state index in [-0.39, 0.29) is 19.0 Å². The van der Waals surface area contributed by atoms with E-state index >= 15 is 0 Å². The molecule has 1 heterocycles. The highest BCUT2D eigenvalue weighted by molar-refractivity contribution is 5.99. The molecule has 0 spiro atoms. The summed E-state index contributed by atoms with van der Waals surface area (Å²) >= 11 is 0. The van der Waals surface area contributed by atoms with Crippen LogP contribution in [-0.4, -0.2) is 29.8 Å². The molecule has 0 fully saturated rings. The Morgan fingerprint density at radius 3 is 2.45 bits per heavy atom. The second-order valence-electron chi connectivity index (χ2n) is 4.65. The molecular weight excluding hydrogens is 260 g/mol. The lowest BCUT2D eigenvalue weighted by Gasteiger charge is -2.14. The normalized spacial score (nSPS) is 13.7. The molecule has 0 aromatic carbocycles. The molecule has 0 saturated carbocycles. The van der Waals surface area contributed by atoms with Gasteiger partial charge in [-0.3, -0.25) is 0 Å². The van der Waals surface area contributed by atoms with Gasteiger partial charge in [-0.05, 0) is 45.1 Å². The van der Waals surface area contributed by atoms with Crippen LogP contribution in [0.3, 0.4) is 0 Å². The lowest BCUT2D eigenvalue weighted by atomic mass is 9.95. The van der Waals surface area contributed by atoms with Crippen molar-refractivity contribution in [2.24, 2.45) is 0 Å². The Labute approximate surface area is 117 Å². The highest BCUT2D eigenvalue weighted by Gasteiger charge is 2.31. The molecule has 6 nitrogen and oxygen atoms in total. The molecule has 0 atom stereocenters. The molecule has 0 unspecified atom stereocenters. The summed E-state index contributed by atoms with van der Waals surface area (Å²) in [6.07, 6.45) is 2.88. The third-order valence-corrected chi connectivity index (χ3v) is 3.44. The molecule has 1 aromatic heterocycles. The van der Waals surface area contributed by atoms with Crippen molar-refractivity contribution in [3.05, 3.63) is 16.8 Å². The summed E-state index contributed by atoms with van der Waals surface area (Å²) in [6, 6.07) is 0. The SMILES string of the molecule is CCOC(=O)c1c2c(n(C(=O)OCC)c1N)CCCC2. The van der Waals surface area contributed by atoms with Gasteiger partial charge in [0, 0.05) is 5.69 Å². The van der Waals surface area contributed by atoms with Crippen molar-refractivity contribution in [2.45, 2.75) is 39.5 Å². The Morgan fingerprint density at radius 2 is 1.80 bits per heavy atom. The molecule has 6 heteroatoms. The summed E-state index contributed by atoms with van der Waals surface area (Å²) < 4.78 is 11.4. The summed E-state index contributed by atoms with van der Waals surface area (Å²) in [5, 5.41) is 0. The fourth-order valence-electron chi connectivity index (χ4n) is 2.64. The quantitative estimate of drug-likeness (QED) is 0.857. The van der Waals surface area contributed by atoms with Crippen molar-refractivity contribution < 1.29 is 19.1 Å². The van der Waals surface area contributed by atoms with Crippen molar-refractivity contribution >= 4 is 17.9 Å². The number of fused-ring (bicyclic) bond motifs is 1. The van der Waals surface area contributed by atoms with Crippen molar-refractivity contribution in [1.29, 1.82) is 0 Å². The molecule has 0 radical (unpaired) electrons. The Balaban J connectivity index is 2.52. The number of anilines is 1. The fourth-order valence-corrected chi connectivity index (χ4v) is 2.64. The van der Waals surface area contributed by atoms with Crippen LogP contribution in [0, 0.1) is 0 Å². The first kappa shape index (κ1) is 14.4. The minimum Gasteiger partial charge on any atom is -0.462 e. The Kier molecular flexibility index (Phi) is 4.32. The number of nitrogens with zero attached hydrogens (tertiary/aromatic N) is 1. The van der Waals surface area contributed by atoms with Gasteiger partial charge in [-0.1, -0.05) is 0 Å². The molecular formula is C14H20N2O4. The third-order valence-electron chi connectivity index (χ3n) is 3.44. The van der Waals surface area contributed by atoms with Gasteiger partial charge >= 0.3 is 12.1 Å². The Hall–Kier alpha value is -1.98. The Bertz CT molecular complexity index is 488. The standard InChI is InChI=1S/C14H20N2O4/c1-3-19-13(17)11-9-7-5-6-8-10(9)16(12(11)15)14(18)20-4-2/h3-8,15H2,1-2H3. The van der Waals surface area contributed by atoms with E-state index in [9.17, 15) is 9.59 Å². The summed E-state index contributed by atoms with van der Waals surface area (Å²) in [4.78, 5) is 24.1. The highest BCUT2D eigenvalue weighted by atomic mass is 16.5. The first-order valence-electron chi connectivity index (χ1n) is 6.97. The first-order chi connectivity index (χ1) is 9.61. The van der Waals surface area contributed by atoms with Gasteiger partial charge in [-0.15, -0.1) is 0 Å². The van der Waals surface area contributed by atoms with Crippen LogP contribution in [0.15, 0.2) is 0 Å². The zero-order chi connectivity index (χ0) is 14.7. The zero-order valence-electron chi connectivity index (χ0n) is 11.9. The van der Waals surface area contributed by atoms with Crippen molar-refractivity contribution in [3.63, 3.8) is 0 Å². The molecule has 0 aliphatic heterocycles. The average Bonchev–Trinajstić information content (AvgIpc) is 2.71. The van der Waals surface area contributed by atoms with Crippen LogP contribution in [0.25, 0.3) is 0 Å². The van der Waals surface area contributed by atoms with Crippen molar-refractivity contribution in [2.75, 3.05) is 18.9 Å². The number of esters is 1. The van der Waals surface area contributed by atoms with E-state index < -0.39 is 12.1 Å². The second-order valence-corrected chi connectivity index (χ2v) is 4.65. The second kappa shape index (κ2) is 5.98. The van der Waals surface area contributed by atoms with Gasteiger partial charge in [0.2, 0.25) is 0 Å². The van der Waals surface area contributed by atoms with Crippen LogP contribution in [0.1, 0.15) is 48.3 Å². The summed E-state index contributed by atoms with van der Waals surface area (Å²) in [7, 11) is 0. The number of hydrogen-bond acceptors (Lipinski definition) is 5. The van der Waals surface area contributed by atoms with Crippen molar-refractivity contribution in [3.8, 4) is 0 Å². The van der Waals surface area contributed by atoms with Crippen LogP contribution in [-0.2, 0) is 22.3 Å². The van der Waals surface area contributed by atoms with Gasteiger partial charge in [0.15, 0.2) is 0 Å². The monoisotopic (exact) mass is 280 g/mol. The number of ether oxygens (including phenoxy) is 2. The number of nitrogens with two attached hydrogens (primary N) is 1. The number of carbonyl (C=O) groups is 2. The molecule has 1 aliphatic carbocycles. The van der Waals surface area contributed by atoms with E-state index in [1.54, 1.807) is 13.8 Å². The summed E-state index contributed by atoms with van der Waals surface area (Å²) in [5.74, 6) is -0.333. The van der Waals surface area contributed by atoms with Crippen LogP contribution in [0.5, 0.6) is 0 Å². The first-order valence-corrected chi connectivity index (χ1v) is 6.97. The van der Waals surface area contributed by atoms with E-state index in [0.29, 0.717) is 5.56 Å². The number of carbonyl (C=O) groups excluding carboxylic acids is 2. The van der Waals surface area contributed by atoms with Crippen molar-refractivity contribution in [1.82, 2.24) is 4.57 Å². The van der Waals surface area contributed by atoms with Gasteiger partial charge in [0.25, 0.3) is 0 Å². The lowest BCUT2D eigenvalue weighted by molar-refractivity contribution is 0.0526. The highest BCUT2D eigenvalue weighted by Crippen LogP contribution is 2.32. The molecule has 0 saturated heterocycles. The molecule has 1 aromatic rings. The summed E-state index contributed by atoms with van der Waals surface area (Å²) in [5.41, 5.74) is 7.96. The molecule has 1 aliphatic rings. The smallest absolute Gasteiger partial charge is 0.419 e. The van der Waals surface area contributed by atoms with E-state index in [4.69, 9.17) is 15.2 Å². The molecule has 0 bridgehead atoms. The maximum absolute atomic E-state index is 12.1. The van der Waals surface area contributed by atoms with Crippen LogP contribution < -0.4 is 5.73 Å². The van der Waals surface area contributed by atoms with Crippen LogP contribution in [0.4, 0.5) is 10.6 Å². The minimum atomic E-state index is -0.529. The largest absolute Gasteiger partial charge is 0.462 e. The molecule has 2 rings (SSSR count). The predicted octanol–water partition coefficient (Wildman–Crippen LogP) is 2.13. The topological polar surface area (TPSA) is 83.5 Å². The molecule has 20 heavy (non-hydrogen) atoms. The van der Waals surface area contributed by atoms with Gasteiger partial charge in [-0.2, -0.15) is 0 Å². The minimum absolute atomic E-state index is 0.133. The number of nitrogen functional groups attached to an aromatic ring is 1. The van der Waals surface area contributed by atoms with Gasteiger partial charge < -0.3 is 15.2 Å². The number of hydrogen-bond donors (Lipinski definition) is 1. The Morgan fingerprint density at radius 1 is 1.15 bits per heavy atom. The number of rotatable bonds is 3. The number of aromatic nitrogens is 1. The fraction of sp³-hybridized carbons (Fsp3) is 0.571. The molecule has 2 N–H and O–H groups in total. The maximum atomic E-state index is 12.1. The molecule has 110 valence electrons. The summed E-state index contributed by atoms with van der Waals surface area (Å²) in [6.45, 7) is 4.01. The predicted molar refractivity (Wildman–Crippen MR) is 73.9 cm³/mol.